The van der Waals surface area contributed by atoms with E-state index in [4.69, 9.17) is 9.47 Å². The van der Waals surface area contributed by atoms with E-state index >= 15 is 0 Å². The first-order chi connectivity index (χ1) is 15.8. The molecule has 1 saturated heterocycles. The van der Waals surface area contributed by atoms with Crippen LogP contribution in [0.4, 0.5) is 0 Å². The number of methoxy groups -OCH3 is 2. The smallest absolute Gasteiger partial charge is 0.243 e. The first-order valence-corrected chi connectivity index (χ1v) is 12.4. The molecule has 1 aliphatic heterocycles. The van der Waals surface area contributed by atoms with Crippen molar-refractivity contribution in [2.24, 2.45) is 0 Å². The lowest BCUT2D eigenvalue weighted by molar-refractivity contribution is -0.123. The number of carbonyl (C=O) groups excluding carboxylic acids is 1. The van der Waals surface area contributed by atoms with Crippen molar-refractivity contribution in [2.45, 2.75) is 37.2 Å². The summed E-state index contributed by atoms with van der Waals surface area (Å²) in [5, 5.41) is 3.74. The second-order valence-electron chi connectivity index (χ2n) is 8.14. The number of nitrogens with zero attached hydrogens (tertiary/aromatic N) is 2. The predicted octanol–water partition coefficient (Wildman–Crippen LogP) is 3.32. The van der Waals surface area contributed by atoms with Gasteiger partial charge in [0.25, 0.3) is 0 Å². The average molecular weight is 472 g/mol. The van der Waals surface area contributed by atoms with E-state index in [2.05, 4.69) is 5.32 Å². The molecule has 8 nitrogen and oxygen atoms in total. The third-order valence-corrected chi connectivity index (χ3v) is 8.00. The van der Waals surface area contributed by atoms with E-state index in [1.807, 2.05) is 35.9 Å². The highest BCUT2D eigenvalue weighted by Crippen LogP contribution is 2.28. The number of amides is 1. The number of rotatable bonds is 8. The number of sulfonamides is 1. The molecule has 9 heteroatoms. The van der Waals surface area contributed by atoms with Gasteiger partial charge in [0, 0.05) is 36.7 Å². The average Bonchev–Trinajstić information content (AvgIpc) is 3.52. The van der Waals surface area contributed by atoms with Crippen LogP contribution in [0.2, 0.25) is 0 Å². The van der Waals surface area contributed by atoms with Crippen LogP contribution in [0, 0.1) is 0 Å². The van der Waals surface area contributed by atoms with Crippen molar-refractivity contribution in [3.8, 4) is 11.5 Å². The van der Waals surface area contributed by atoms with E-state index in [1.165, 1.54) is 4.31 Å². The Balaban J connectivity index is 1.48. The van der Waals surface area contributed by atoms with Crippen LogP contribution < -0.4 is 14.8 Å². The maximum Gasteiger partial charge on any atom is 0.243 e. The highest BCUT2D eigenvalue weighted by Gasteiger charge is 2.27. The molecule has 0 unspecified atom stereocenters. The molecule has 0 radical (unpaired) electrons. The van der Waals surface area contributed by atoms with E-state index in [0.717, 1.165) is 29.3 Å². The molecule has 4 rings (SSSR count). The van der Waals surface area contributed by atoms with E-state index in [-0.39, 0.29) is 5.91 Å². The van der Waals surface area contributed by atoms with Crippen molar-refractivity contribution >= 4 is 26.8 Å². The lowest BCUT2D eigenvalue weighted by Gasteiger charge is -2.17. The number of carbonyl (C=O) groups is 1. The van der Waals surface area contributed by atoms with Gasteiger partial charge in [-0.3, -0.25) is 4.79 Å². The standard InChI is InChI=1S/C24H29N3O5S/c1-17(24(28)25-16-18-6-9-22(31-2)23(14-18)32-3)27-13-10-19-15-20(7-8-21(19)27)33(29,30)26-11-4-5-12-26/h6-10,13-15,17H,4-5,11-12,16H2,1-3H3,(H,25,28)/t17-/m1/s1. The summed E-state index contributed by atoms with van der Waals surface area (Å²) < 4.78 is 39.7. The monoisotopic (exact) mass is 471 g/mol. The van der Waals surface area contributed by atoms with Gasteiger partial charge in [-0.2, -0.15) is 4.31 Å². The molecule has 1 aliphatic rings. The first kappa shape index (κ1) is 23.1. The lowest BCUT2D eigenvalue weighted by atomic mass is 10.2. The van der Waals surface area contributed by atoms with Gasteiger partial charge < -0.3 is 19.4 Å². The number of aromatic nitrogens is 1. The fourth-order valence-electron chi connectivity index (χ4n) is 4.17. The van der Waals surface area contributed by atoms with Gasteiger partial charge in [-0.1, -0.05) is 6.07 Å². The molecule has 0 spiro atoms. The zero-order valence-electron chi connectivity index (χ0n) is 19.1. The Kier molecular flexibility index (Phi) is 6.62. The summed E-state index contributed by atoms with van der Waals surface area (Å²) in [4.78, 5) is 13.1. The third-order valence-electron chi connectivity index (χ3n) is 6.11. The fourth-order valence-corrected chi connectivity index (χ4v) is 5.72. The predicted molar refractivity (Wildman–Crippen MR) is 126 cm³/mol. The number of fused-ring (bicyclic) bond motifs is 1. The van der Waals surface area contributed by atoms with Crippen LogP contribution >= 0.6 is 0 Å². The van der Waals surface area contributed by atoms with Crippen LogP contribution in [-0.4, -0.2) is 50.5 Å². The highest BCUT2D eigenvalue weighted by atomic mass is 32.2. The molecule has 2 heterocycles. The van der Waals surface area contributed by atoms with Crippen LogP contribution in [0.1, 0.15) is 31.4 Å². The molecule has 33 heavy (non-hydrogen) atoms. The van der Waals surface area contributed by atoms with E-state index in [0.29, 0.717) is 36.0 Å². The van der Waals surface area contributed by atoms with E-state index < -0.39 is 16.1 Å². The number of hydrogen-bond donors (Lipinski definition) is 1. The number of nitrogens with one attached hydrogen (secondary N) is 1. The molecule has 1 aromatic heterocycles. The largest absolute Gasteiger partial charge is 0.493 e. The minimum absolute atomic E-state index is 0.143. The molecule has 1 amide bonds. The van der Waals surface area contributed by atoms with E-state index in [1.54, 1.807) is 38.5 Å². The zero-order valence-corrected chi connectivity index (χ0v) is 19.9. The van der Waals surface area contributed by atoms with Crippen molar-refractivity contribution in [1.82, 2.24) is 14.2 Å². The molecule has 176 valence electrons. The second kappa shape index (κ2) is 9.44. The quantitative estimate of drug-likeness (QED) is 0.544. The van der Waals surface area contributed by atoms with Crippen LogP contribution in [0.25, 0.3) is 10.9 Å². The van der Waals surface area contributed by atoms with Crippen LogP contribution in [0.15, 0.2) is 53.6 Å². The van der Waals surface area contributed by atoms with Gasteiger partial charge in [-0.05, 0) is 61.7 Å². The molecule has 2 aromatic carbocycles. The minimum atomic E-state index is -3.48. The van der Waals surface area contributed by atoms with Gasteiger partial charge in [0.05, 0.1) is 19.1 Å². The molecule has 0 bridgehead atoms. The second-order valence-corrected chi connectivity index (χ2v) is 10.1. The highest BCUT2D eigenvalue weighted by molar-refractivity contribution is 7.89. The van der Waals surface area contributed by atoms with Gasteiger partial charge in [-0.25, -0.2) is 8.42 Å². The summed E-state index contributed by atoms with van der Waals surface area (Å²) in [6, 6.07) is 12.0. The Morgan fingerprint density at radius 2 is 1.76 bits per heavy atom. The summed E-state index contributed by atoms with van der Waals surface area (Å²) in [6.45, 7) is 3.30. The number of benzene rings is 2. The van der Waals surface area contributed by atoms with Crippen molar-refractivity contribution in [3.05, 3.63) is 54.2 Å². The Morgan fingerprint density at radius 3 is 2.45 bits per heavy atom. The molecule has 3 aromatic rings. The summed E-state index contributed by atoms with van der Waals surface area (Å²) in [5.41, 5.74) is 1.70. The molecular formula is C24H29N3O5S. The molecule has 0 saturated carbocycles. The van der Waals surface area contributed by atoms with Crippen LogP contribution in [0.5, 0.6) is 11.5 Å². The topological polar surface area (TPSA) is 89.9 Å². The first-order valence-electron chi connectivity index (χ1n) is 10.9. The normalized spacial score (nSPS) is 15.5. The van der Waals surface area contributed by atoms with Crippen molar-refractivity contribution < 1.29 is 22.7 Å². The summed E-state index contributed by atoms with van der Waals surface area (Å²) in [6.07, 6.45) is 3.61. The summed E-state index contributed by atoms with van der Waals surface area (Å²) in [5.74, 6) is 1.09. The number of ether oxygens (including phenoxy) is 2. The summed E-state index contributed by atoms with van der Waals surface area (Å²) >= 11 is 0. The van der Waals surface area contributed by atoms with Gasteiger partial charge >= 0.3 is 0 Å². The van der Waals surface area contributed by atoms with E-state index in [9.17, 15) is 13.2 Å². The molecule has 1 fully saturated rings. The van der Waals surface area contributed by atoms with Crippen molar-refractivity contribution in [3.63, 3.8) is 0 Å². The summed E-state index contributed by atoms with van der Waals surface area (Å²) in [7, 11) is -0.335. The Morgan fingerprint density at radius 1 is 1.03 bits per heavy atom. The number of hydrogen-bond acceptors (Lipinski definition) is 5. The Hall–Kier alpha value is -3.04. The third kappa shape index (κ3) is 4.56. The lowest BCUT2D eigenvalue weighted by Crippen LogP contribution is -2.30. The van der Waals surface area contributed by atoms with Gasteiger partial charge in [0.15, 0.2) is 11.5 Å². The molecule has 0 aliphatic carbocycles. The fraction of sp³-hybridized carbons (Fsp3) is 0.375. The van der Waals surface area contributed by atoms with Gasteiger partial charge in [0.2, 0.25) is 15.9 Å². The van der Waals surface area contributed by atoms with Crippen LogP contribution in [0.3, 0.4) is 0 Å². The van der Waals surface area contributed by atoms with Crippen LogP contribution in [-0.2, 0) is 21.4 Å². The maximum absolute atomic E-state index is 12.9. The zero-order chi connectivity index (χ0) is 23.6. The van der Waals surface area contributed by atoms with Gasteiger partial charge in [-0.15, -0.1) is 0 Å². The SMILES string of the molecule is COc1ccc(CNC(=O)[C@@H](C)n2ccc3cc(S(=O)(=O)N4CCCC4)ccc32)cc1OC. The Bertz CT molecular complexity index is 1260. The van der Waals surface area contributed by atoms with Gasteiger partial charge in [0.1, 0.15) is 6.04 Å². The Labute approximate surface area is 194 Å². The maximum atomic E-state index is 12.9. The van der Waals surface area contributed by atoms with Crippen molar-refractivity contribution in [2.75, 3.05) is 27.3 Å². The molecule has 1 N–H and O–H groups in total. The van der Waals surface area contributed by atoms with Crippen molar-refractivity contribution in [1.29, 1.82) is 0 Å². The minimum Gasteiger partial charge on any atom is -0.493 e. The molecule has 1 atom stereocenters. The molecular weight excluding hydrogens is 442 g/mol.